The molecule has 0 saturated heterocycles. The first kappa shape index (κ1) is 9.89. The summed E-state index contributed by atoms with van der Waals surface area (Å²) in [6.07, 6.45) is 0.150. The van der Waals surface area contributed by atoms with Crippen LogP contribution in [0.5, 0.6) is 0 Å². The first-order valence-corrected chi connectivity index (χ1v) is 3.98. The Morgan fingerprint density at radius 2 is 2.18 bits per heavy atom. The first-order valence-electron chi connectivity index (χ1n) is 2.62. The standard InChI is InChI=1S/C4H7NO5S/c6-2-5-3(4(7)8)1-11(9)10/h2-3,11H,1H2,(H,5,6)(H,7,8)/t3-/m0/s1. The molecule has 0 saturated carbocycles. The lowest BCUT2D eigenvalue weighted by atomic mass is 10.3. The fourth-order valence-corrected chi connectivity index (χ4v) is 0.993. The third-order valence-corrected chi connectivity index (χ3v) is 1.56. The van der Waals surface area contributed by atoms with Crippen molar-refractivity contribution in [1.29, 1.82) is 0 Å². The number of carboxylic acids is 1. The van der Waals surface area contributed by atoms with Crippen molar-refractivity contribution in [2.45, 2.75) is 6.04 Å². The lowest BCUT2D eigenvalue weighted by Crippen LogP contribution is -2.39. The molecule has 0 aliphatic carbocycles. The molecule has 0 aromatic rings. The van der Waals surface area contributed by atoms with Crippen LogP contribution in [0.3, 0.4) is 0 Å². The highest BCUT2D eigenvalue weighted by atomic mass is 32.2. The minimum absolute atomic E-state index is 0.150. The molecule has 6 nitrogen and oxygen atoms in total. The highest BCUT2D eigenvalue weighted by Crippen LogP contribution is 1.82. The molecule has 0 aliphatic rings. The molecule has 0 aromatic carbocycles. The van der Waals surface area contributed by atoms with E-state index >= 15 is 0 Å². The van der Waals surface area contributed by atoms with Crippen LogP contribution in [-0.2, 0) is 20.3 Å². The fourth-order valence-electron chi connectivity index (χ4n) is 0.433. The second kappa shape index (κ2) is 4.67. The average molecular weight is 181 g/mol. The lowest BCUT2D eigenvalue weighted by Gasteiger charge is -2.04. The van der Waals surface area contributed by atoms with E-state index in [0.717, 1.165) is 0 Å². The summed E-state index contributed by atoms with van der Waals surface area (Å²) in [5, 5.41) is 10.1. The summed E-state index contributed by atoms with van der Waals surface area (Å²) in [5.74, 6) is -1.94. The van der Waals surface area contributed by atoms with Gasteiger partial charge in [0.25, 0.3) is 0 Å². The van der Waals surface area contributed by atoms with Crippen molar-refractivity contribution in [3.05, 3.63) is 0 Å². The summed E-state index contributed by atoms with van der Waals surface area (Å²) < 4.78 is 20.0. The third kappa shape index (κ3) is 4.31. The van der Waals surface area contributed by atoms with Gasteiger partial charge in [-0.1, -0.05) is 0 Å². The second-order valence-electron chi connectivity index (χ2n) is 1.69. The Hall–Kier alpha value is -1.11. The molecule has 0 fully saturated rings. The maximum atomic E-state index is 10.1. The van der Waals surface area contributed by atoms with Gasteiger partial charge in [-0.3, -0.25) is 4.79 Å². The molecule has 0 aromatic heterocycles. The van der Waals surface area contributed by atoms with Gasteiger partial charge < -0.3 is 10.4 Å². The van der Waals surface area contributed by atoms with Crippen LogP contribution in [-0.4, -0.2) is 37.7 Å². The van der Waals surface area contributed by atoms with E-state index in [-0.39, 0.29) is 6.41 Å². The van der Waals surface area contributed by atoms with Crippen LogP contribution in [0.2, 0.25) is 0 Å². The summed E-state index contributed by atoms with van der Waals surface area (Å²) in [6.45, 7) is 0. The predicted molar refractivity (Wildman–Crippen MR) is 35.8 cm³/mol. The maximum absolute atomic E-state index is 10.1. The zero-order chi connectivity index (χ0) is 8.85. The van der Waals surface area contributed by atoms with E-state index in [2.05, 4.69) is 0 Å². The van der Waals surface area contributed by atoms with Crippen molar-refractivity contribution in [2.75, 3.05) is 5.75 Å². The number of amides is 1. The Morgan fingerprint density at radius 1 is 1.64 bits per heavy atom. The molecule has 11 heavy (non-hydrogen) atoms. The van der Waals surface area contributed by atoms with Crippen LogP contribution >= 0.6 is 0 Å². The van der Waals surface area contributed by atoms with E-state index in [0.29, 0.717) is 0 Å². The lowest BCUT2D eigenvalue weighted by molar-refractivity contribution is -0.139. The van der Waals surface area contributed by atoms with Gasteiger partial charge in [0, 0.05) is 0 Å². The van der Waals surface area contributed by atoms with E-state index < -0.39 is 28.5 Å². The minimum atomic E-state index is -2.79. The van der Waals surface area contributed by atoms with E-state index in [9.17, 15) is 18.0 Å². The van der Waals surface area contributed by atoms with E-state index in [1.165, 1.54) is 0 Å². The van der Waals surface area contributed by atoms with Crippen LogP contribution in [0.15, 0.2) is 0 Å². The van der Waals surface area contributed by atoms with Gasteiger partial charge in [0.2, 0.25) is 6.41 Å². The van der Waals surface area contributed by atoms with Crippen molar-refractivity contribution in [2.24, 2.45) is 0 Å². The number of carbonyl (C=O) groups is 2. The van der Waals surface area contributed by atoms with Gasteiger partial charge in [0.1, 0.15) is 16.7 Å². The Kier molecular flexibility index (Phi) is 4.20. The van der Waals surface area contributed by atoms with Crippen molar-refractivity contribution < 1.29 is 23.1 Å². The van der Waals surface area contributed by atoms with Crippen LogP contribution < -0.4 is 5.32 Å². The largest absolute Gasteiger partial charge is 0.480 e. The molecule has 7 heteroatoms. The number of nitrogens with one attached hydrogen (secondary N) is 1. The Bertz CT molecular complexity index is 215. The molecular formula is C4H7NO5S. The predicted octanol–water partition coefficient (Wildman–Crippen LogP) is -2.20. The molecule has 0 radical (unpaired) electrons. The summed E-state index contributed by atoms with van der Waals surface area (Å²) >= 11 is 0. The topological polar surface area (TPSA) is 101 Å². The van der Waals surface area contributed by atoms with Crippen molar-refractivity contribution in [3.8, 4) is 0 Å². The summed E-state index contributed by atoms with van der Waals surface area (Å²) in [6, 6.07) is -1.34. The zero-order valence-electron chi connectivity index (χ0n) is 5.39. The van der Waals surface area contributed by atoms with Gasteiger partial charge in [-0.15, -0.1) is 0 Å². The number of hydrogen-bond acceptors (Lipinski definition) is 4. The van der Waals surface area contributed by atoms with Crippen LogP contribution in [0.25, 0.3) is 0 Å². The Morgan fingerprint density at radius 3 is 2.45 bits per heavy atom. The van der Waals surface area contributed by atoms with Gasteiger partial charge in [0.15, 0.2) is 0 Å². The first-order chi connectivity index (χ1) is 5.07. The summed E-state index contributed by atoms with van der Waals surface area (Å²) in [4.78, 5) is 19.9. The number of hydrogen-bond donors (Lipinski definition) is 3. The van der Waals surface area contributed by atoms with E-state index in [1.54, 1.807) is 0 Å². The zero-order valence-corrected chi connectivity index (χ0v) is 6.28. The maximum Gasteiger partial charge on any atom is 0.327 e. The van der Waals surface area contributed by atoms with Gasteiger partial charge in [-0.25, -0.2) is 13.2 Å². The molecule has 0 bridgehead atoms. The van der Waals surface area contributed by atoms with Crippen LogP contribution in [0.1, 0.15) is 0 Å². The fraction of sp³-hybridized carbons (Fsp3) is 0.500. The van der Waals surface area contributed by atoms with Gasteiger partial charge in [-0.2, -0.15) is 0 Å². The number of thiol groups is 1. The van der Waals surface area contributed by atoms with Gasteiger partial charge in [0.05, 0.1) is 5.75 Å². The third-order valence-electron chi connectivity index (χ3n) is 0.899. The van der Waals surface area contributed by atoms with Crippen LogP contribution in [0, 0.1) is 0 Å². The second-order valence-corrected chi connectivity index (χ2v) is 2.72. The molecule has 1 amide bonds. The van der Waals surface area contributed by atoms with Gasteiger partial charge >= 0.3 is 5.97 Å². The van der Waals surface area contributed by atoms with Gasteiger partial charge in [-0.05, 0) is 0 Å². The minimum Gasteiger partial charge on any atom is -0.480 e. The molecule has 0 unspecified atom stereocenters. The number of rotatable bonds is 5. The number of carboxylic acid groups (broad SMARTS) is 1. The molecule has 64 valence electrons. The molecule has 0 spiro atoms. The monoisotopic (exact) mass is 181 g/mol. The Balaban J connectivity index is 4.09. The van der Waals surface area contributed by atoms with Crippen LogP contribution in [0.4, 0.5) is 0 Å². The van der Waals surface area contributed by atoms with Crippen molar-refractivity contribution in [3.63, 3.8) is 0 Å². The smallest absolute Gasteiger partial charge is 0.327 e. The highest BCUT2D eigenvalue weighted by Gasteiger charge is 2.16. The molecule has 0 aliphatic heterocycles. The van der Waals surface area contributed by atoms with E-state index in [1.807, 2.05) is 5.32 Å². The number of carbonyl (C=O) groups excluding carboxylic acids is 1. The molecule has 1 atom stereocenters. The Labute approximate surface area is 64.2 Å². The summed E-state index contributed by atoms with van der Waals surface area (Å²) in [7, 11) is -2.79. The number of aliphatic carboxylic acids is 1. The van der Waals surface area contributed by atoms with Crippen molar-refractivity contribution >= 4 is 23.1 Å². The SMILES string of the molecule is O=CN[C@@H](C[SH](=O)=O)C(=O)O. The van der Waals surface area contributed by atoms with E-state index in [4.69, 9.17) is 5.11 Å². The quantitative estimate of drug-likeness (QED) is 0.330. The molecule has 0 heterocycles. The normalized spacial score (nSPS) is 12.5. The average Bonchev–Trinajstić information content (AvgIpc) is 1.86. The summed E-state index contributed by atoms with van der Waals surface area (Å²) in [5.41, 5.74) is 0. The molecule has 2 N–H and O–H groups in total. The molecule has 0 rings (SSSR count). The molecular weight excluding hydrogens is 174 g/mol. The highest BCUT2D eigenvalue weighted by molar-refractivity contribution is 7.72. The van der Waals surface area contributed by atoms with Crippen molar-refractivity contribution in [1.82, 2.24) is 5.32 Å².